The zero-order valence-electron chi connectivity index (χ0n) is 9.56. The van der Waals surface area contributed by atoms with Gasteiger partial charge < -0.3 is 5.32 Å². The highest BCUT2D eigenvalue weighted by Gasteiger charge is 2.37. The Balaban J connectivity index is 2.10. The second-order valence-corrected chi connectivity index (χ2v) is 5.22. The van der Waals surface area contributed by atoms with E-state index in [1.807, 2.05) is 6.07 Å². The van der Waals surface area contributed by atoms with Crippen molar-refractivity contribution in [2.24, 2.45) is 0 Å². The smallest absolute Gasteiger partial charge is 0.123 e. The van der Waals surface area contributed by atoms with Crippen molar-refractivity contribution in [3.8, 4) is 0 Å². The third kappa shape index (κ3) is 1.56. The van der Waals surface area contributed by atoms with Gasteiger partial charge >= 0.3 is 0 Å². The Morgan fingerprint density at radius 2 is 2.00 bits per heavy atom. The molecule has 1 spiro atoms. The Hall–Kier alpha value is -0.890. The molecule has 1 heterocycles. The summed E-state index contributed by atoms with van der Waals surface area (Å²) in [4.78, 5) is 0. The second-order valence-electron chi connectivity index (χ2n) is 5.22. The van der Waals surface area contributed by atoms with Gasteiger partial charge in [-0.15, -0.1) is 0 Å². The lowest BCUT2D eigenvalue weighted by Crippen LogP contribution is -2.34. The van der Waals surface area contributed by atoms with E-state index in [0.717, 1.165) is 19.5 Å². The fourth-order valence-electron chi connectivity index (χ4n) is 3.43. The quantitative estimate of drug-likeness (QED) is 0.707. The van der Waals surface area contributed by atoms with Crippen molar-refractivity contribution in [1.82, 2.24) is 5.32 Å². The molecule has 1 aromatic carbocycles. The lowest BCUT2D eigenvalue weighted by molar-refractivity contribution is 0.418. The predicted octanol–water partition coefficient (Wildman–Crippen LogP) is 2.78. The van der Waals surface area contributed by atoms with Gasteiger partial charge in [-0.2, -0.15) is 0 Å². The van der Waals surface area contributed by atoms with Crippen molar-refractivity contribution in [3.05, 3.63) is 35.1 Å². The van der Waals surface area contributed by atoms with Crippen LogP contribution in [0.25, 0.3) is 0 Å². The van der Waals surface area contributed by atoms with Gasteiger partial charge in [0.2, 0.25) is 0 Å². The van der Waals surface area contributed by atoms with E-state index in [1.165, 1.54) is 36.8 Å². The van der Waals surface area contributed by atoms with Crippen LogP contribution in [0.4, 0.5) is 4.39 Å². The number of fused-ring (bicyclic) bond motifs is 2. The van der Waals surface area contributed by atoms with E-state index in [9.17, 15) is 4.39 Å². The normalized spacial score (nSPS) is 23.1. The molecular weight excluding hydrogens is 201 g/mol. The molecule has 3 rings (SSSR count). The van der Waals surface area contributed by atoms with Crippen molar-refractivity contribution < 1.29 is 4.39 Å². The first-order chi connectivity index (χ1) is 7.80. The maximum absolute atomic E-state index is 13.3. The Morgan fingerprint density at radius 1 is 1.19 bits per heavy atom. The summed E-state index contributed by atoms with van der Waals surface area (Å²) >= 11 is 0. The summed E-state index contributed by atoms with van der Waals surface area (Å²) in [7, 11) is 0. The molecule has 0 aromatic heterocycles. The number of nitrogens with one attached hydrogen (secondary N) is 1. The van der Waals surface area contributed by atoms with Crippen molar-refractivity contribution in [3.63, 3.8) is 0 Å². The van der Waals surface area contributed by atoms with E-state index in [1.54, 1.807) is 12.1 Å². The molecule has 0 bridgehead atoms. The fraction of sp³-hybridized carbons (Fsp3) is 0.571. The summed E-state index contributed by atoms with van der Waals surface area (Å²) in [6, 6.07) is 5.40. The van der Waals surface area contributed by atoms with Crippen LogP contribution in [-0.4, -0.2) is 13.1 Å². The summed E-state index contributed by atoms with van der Waals surface area (Å²) in [5.74, 6) is -0.0891. The lowest BCUT2D eigenvalue weighted by Gasteiger charge is -2.29. The van der Waals surface area contributed by atoms with E-state index in [4.69, 9.17) is 0 Å². The number of hydrogen-bond donors (Lipinski definition) is 1. The summed E-state index contributed by atoms with van der Waals surface area (Å²) < 4.78 is 13.3. The van der Waals surface area contributed by atoms with Crippen LogP contribution in [0, 0.1) is 5.82 Å². The van der Waals surface area contributed by atoms with Gasteiger partial charge in [0.25, 0.3) is 0 Å². The molecule has 1 aliphatic heterocycles. The molecule has 1 fully saturated rings. The number of rotatable bonds is 0. The zero-order valence-corrected chi connectivity index (χ0v) is 9.56. The molecule has 1 saturated carbocycles. The number of hydrogen-bond acceptors (Lipinski definition) is 1. The van der Waals surface area contributed by atoms with E-state index >= 15 is 0 Å². The monoisotopic (exact) mass is 219 g/mol. The van der Waals surface area contributed by atoms with Gasteiger partial charge in [0, 0.05) is 12.0 Å². The van der Waals surface area contributed by atoms with Gasteiger partial charge in [0.15, 0.2) is 0 Å². The van der Waals surface area contributed by atoms with Gasteiger partial charge in [-0.25, -0.2) is 4.39 Å². The van der Waals surface area contributed by atoms with Crippen LogP contribution in [0.5, 0.6) is 0 Å². The molecule has 1 aliphatic carbocycles. The van der Waals surface area contributed by atoms with Crippen molar-refractivity contribution in [1.29, 1.82) is 0 Å². The van der Waals surface area contributed by atoms with Crippen molar-refractivity contribution >= 4 is 0 Å². The summed E-state index contributed by atoms with van der Waals surface area (Å²) in [6.07, 6.45) is 6.13. The predicted molar refractivity (Wildman–Crippen MR) is 63.1 cm³/mol. The molecule has 0 unspecified atom stereocenters. The minimum absolute atomic E-state index is 0.0891. The van der Waals surface area contributed by atoms with Crippen LogP contribution in [0.15, 0.2) is 18.2 Å². The van der Waals surface area contributed by atoms with Gasteiger partial charge in [-0.1, -0.05) is 18.9 Å². The molecule has 86 valence electrons. The average molecular weight is 219 g/mol. The maximum atomic E-state index is 13.3. The first-order valence-electron chi connectivity index (χ1n) is 6.30. The molecule has 1 aromatic rings. The summed E-state index contributed by atoms with van der Waals surface area (Å²) in [5.41, 5.74) is 2.95. The van der Waals surface area contributed by atoms with Crippen molar-refractivity contribution in [2.75, 3.05) is 13.1 Å². The van der Waals surface area contributed by atoms with E-state index < -0.39 is 0 Å². The Bertz CT molecular complexity index is 394. The maximum Gasteiger partial charge on any atom is 0.123 e. The first kappa shape index (κ1) is 10.3. The topological polar surface area (TPSA) is 12.0 Å². The van der Waals surface area contributed by atoms with Crippen molar-refractivity contribution in [2.45, 2.75) is 37.5 Å². The summed E-state index contributed by atoms with van der Waals surface area (Å²) in [6.45, 7) is 2.06. The highest BCUT2D eigenvalue weighted by Crippen LogP contribution is 2.43. The molecule has 2 heteroatoms. The largest absolute Gasteiger partial charge is 0.316 e. The third-order valence-electron chi connectivity index (χ3n) is 4.23. The number of halogens is 1. The van der Waals surface area contributed by atoms with Crippen LogP contribution in [-0.2, 0) is 11.8 Å². The van der Waals surface area contributed by atoms with Gasteiger partial charge in [-0.05, 0) is 49.1 Å². The standard InChI is InChI=1S/C14H18FN/c15-12-3-4-13-11(9-12)5-8-16-10-14(13)6-1-2-7-14/h3-4,9,16H,1-2,5-8,10H2. The Morgan fingerprint density at radius 3 is 2.81 bits per heavy atom. The van der Waals surface area contributed by atoms with Gasteiger partial charge in [0.1, 0.15) is 5.82 Å². The molecule has 0 atom stereocenters. The van der Waals surface area contributed by atoms with Crippen LogP contribution in [0.1, 0.15) is 36.8 Å². The Kier molecular flexibility index (Phi) is 2.47. The molecule has 1 N–H and O–H groups in total. The minimum atomic E-state index is -0.0891. The van der Waals surface area contributed by atoms with E-state index in [2.05, 4.69) is 5.32 Å². The van der Waals surface area contributed by atoms with E-state index in [0.29, 0.717) is 5.41 Å². The van der Waals surface area contributed by atoms with Crippen LogP contribution in [0.2, 0.25) is 0 Å². The highest BCUT2D eigenvalue weighted by atomic mass is 19.1. The Labute approximate surface area is 96.1 Å². The molecule has 0 radical (unpaired) electrons. The molecular formula is C14H18FN. The lowest BCUT2D eigenvalue weighted by atomic mass is 9.77. The van der Waals surface area contributed by atoms with Gasteiger partial charge in [-0.3, -0.25) is 0 Å². The minimum Gasteiger partial charge on any atom is -0.316 e. The second kappa shape index (κ2) is 3.85. The number of benzene rings is 1. The SMILES string of the molecule is Fc1ccc2c(c1)CCNCC21CCCC1. The molecule has 0 amide bonds. The van der Waals surface area contributed by atoms with E-state index in [-0.39, 0.29) is 5.82 Å². The molecule has 1 nitrogen and oxygen atoms in total. The molecule has 2 aliphatic rings. The highest BCUT2D eigenvalue weighted by molar-refractivity contribution is 5.37. The molecule has 16 heavy (non-hydrogen) atoms. The first-order valence-corrected chi connectivity index (χ1v) is 6.30. The fourth-order valence-corrected chi connectivity index (χ4v) is 3.43. The average Bonchev–Trinajstić information content (AvgIpc) is 2.66. The zero-order chi connectivity index (χ0) is 11.0. The van der Waals surface area contributed by atoms with Gasteiger partial charge in [0.05, 0.1) is 0 Å². The van der Waals surface area contributed by atoms with Crippen LogP contribution < -0.4 is 5.32 Å². The third-order valence-corrected chi connectivity index (χ3v) is 4.23. The van der Waals surface area contributed by atoms with Crippen LogP contribution >= 0.6 is 0 Å². The molecule has 0 saturated heterocycles. The summed E-state index contributed by atoms with van der Waals surface area (Å²) in [5, 5.41) is 3.52. The van der Waals surface area contributed by atoms with Crippen LogP contribution in [0.3, 0.4) is 0 Å².